The lowest BCUT2D eigenvalue weighted by Crippen LogP contribution is -2.11. The van der Waals surface area contributed by atoms with E-state index in [-0.39, 0.29) is 0 Å². The van der Waals surface area contributed by atoms with Crippen LogP contribution in [0, 0.1) is 0 Å². The molecule has 0 aliphatic rings. The second kappa shape index (κ2) is 6.10. The maximum absolute atomic E-state index is 3.24. The molecule has 0 saturated heterocycles. The van der Waals surface area contributed by atoms with Gasteiger partial charge in [-0.3, -0.25) is 0 Å². The van der Waals surface area contributed by atoms with Crippen LogP contribution in [0.3, 0.4) is 0 Å². The lowest BCUT2D eigenvalue weighted by Gasteiger charge is -2.10. The predicted octanol–water partition coefficient (Wildman–Crippen LogP) is 3.47. The minimum Gasteiger partial charge on any atom is -0.313 e. The van der Waals surface area contributed by atoms with E-state index in [9.17, 15) is 0 Å². The van der Waals surface area contributed by atoms with E-state index in [4.69, 9.17) is 0 Å². The Labute approximate surface area is 91.3 Å². The van der Waals surface area contributed by atoms with E-state index in [0.717, 1.165) is 0 Å². The molecular weight excluding hydrogens is 190 g/mol. The fraction of sp³-hybridized carbons (Fsp3) is 0.500. The maximum atomic E-state index is 3.24. The molecule has 0 saturated carbocycles. The van der Waals surface area contributed by atoms with Gasteiger partial charge in [0.05, 0.1) is 0 Å². The molecule has 1 aromatic carbocycles. The van der Waals surface area contributed by atoms with E-state index in [2.05, 4.69) is 43.4 Å². The molecular formula is C12H19NS. The van der Waals surface area contributed by atoms with Gasteiger partial charge in [-0.1, -0.05) is 19.1 Å². The Balaban J connectivity index is 2.59. The number of thioether (sulfide) groups is 1. The Morgan fingerprint density at radius 2 is 1.93 bits per heavy atom. The molecule has 0 amide bonds. The highest BCUT2D eigenvalue weighted by Crippen LogP contribution is 2.21. The average molecular weight is 209 g/mol. The first-order chi connectivity index (χ1) is 6.77. The summed E-state index contributed by atoms with van der Waals surface area (Å²) in [6, 6.07) is 9.28. The SMILES string of the molecule is CCCSc1ccc(C(C)NC)cc1. The number of benzene rings is 1. The third-order valence-corrected chi connectivity index (χ3v) is 3.50. The van der Waals surface area contributed by atoms with Gasteiger partial charge in [0.1, 0.15) is 0 Å². The summed E-state index contributed by atoms with van der Waals surface area (Å²) in [4.78, 5) is 1.37. The molecule has 1 aromatic rings. The summed E-state index contributed by atoms with van der Waals surface area (Å²) in [7, 11) is 1.99. The van der Waals surface area contributed by atoms with Crippen LogP contribution in [0.15, 0.2) is 29.2 Å². The predicted molar refractivity (Wildman–Crippen MR) is 64.9 cm³/mol. The van der Waals surface area contributed by atoms with Gasteiger partial charge in [0, 0.05) is 10.9 Å². The van der Waals surface area contributed by atoms with Crippen LogP contribution in [0.1, 0.15) is 31.9 Å². The highest BCUT2D eigenvalue weighted by molar-refractivity contribution is 7.99. The number of nitrogens with one attached hydrogen (secondary N) is 1. The van der Waals surface area contributed by atoms with Gasteiger partial charge in [-0.25, -0.2) is 0 Å². The van der Waals surface area contributed by atoms with Crippen LogP contribution in [-0.2, 0) is 0 Å². The molecule has 0 spiro atoms. The van der Waals surface area contributed by atoms with Crippen LogP contribution in [0.5, 0.6) is 0 Å². The monoisotopic (exact) mass is 209 g/mol. The molecule has 0 aliphatic heterocycles. The molecule has 0 fully saturated rings. The van der Waals surface area contributed by atoms with E-state index in [1.54, 1.807) is 0 Å². The first-order valence-corrected chi connectivity index (χ1v) is 6.16. The third kappa shape index (κ3) is 3.35. The summed E-state index contributed by atoms with van der Waals surface area (Å²) in [6.07, 6.45) is 1.24. The second-order valence-electron chi connectivity index (χ2n) is 3.43. The van der Waals surface area contributed by atoms with Gasteiger partial charge in [0.25, 0.3) is 0 Å². The molecule has 14 heavy (non-hydrogen) atoms. The molecule has 0 bridgehead atoms. The summed E-state index contributed by atoms with van der Waals surface area (Å²) >= 11 is 1.93. The van der Waals surface area contributed by atoms with Crippen LogP contribution < -0.4 is 5.32 Å². The van der Waals surface area contributed by atoms with Gasteiger partial charge < -0.3 is 5.32 Å². The molecule has 78 valence electrons. The first kappa shape index (κ1) is 11.6. The first-order valence-electron chi connectivity index (χ1n) is 5.18. The zero-order chi connectivity index (χ0) is 10.4. The zero-order valence-electron chi connectivity index (χ0n) is 9.21. The Morgan fingerprint density at radius 3 is 2.43 bits per heavy atom. The fourth-order valence-electron chi connectivity index (χ4n) is 1.24. The van der Waals surface area contributed by atoms with Crippen molar-refractivity contribution in [3.05, 3.63) is 29.8 Å². The van der Waals surface area contributed by atoms with Crippen molar-refractivity contribution >= 4 is 11.8 Å². The molecule has 0 aliphatic carbocycles. The van der Waals surface area contributed by atoms with Crippen molar-refractivity contribution < 1.29 is 0 Å². The van der Waals surface area contributed by atoms with Gasteiger partial charge >= 0.3 is 0 Å². The quantitative estimate of drug-likeness (QED) is 0.745. The summed E-state index contributed by atoms with van der Waals surface area (Å²) in [6.45, 7) is 4.39. The van der Waals surface area contributed by atoms with E-state index in [1.165, 1.54) is 22.6 Å². The van der Waals surface area contributed by atoms with E-state index in [0.29, 0.717) is 6.04 Å². The lowest BCUT2D eigenvalue weighted by atomic mass is 10.1. The molecule has 0 aromatic heterocycles. The van der Waals surface area contributed by atoms with E-state index < -0.39 is 0 Å². The molecule has 1 nitrogen and oxygen atoms in total. The molecule has 2 heteroatoms. The molecule has 1 N–H and O–H groups in total. The van der Waals surface area contributed by atoms with Gasteiger partial charge in [-0.2, -0.15) is 0 Å². The normalized spacial score (nSPS) is 12.8. The number of rotatable bonds is 5. The largest absolute Gasteiger partial charge is 0.313 e. The van der Waals surface area contributed by atoms with Crippen molar-refractivity contribution in [1.29, 1.82) is 0 Å². The molecule has 1 atom stereocenters. The maximum Gasteiger partial charge on any atom is 0.0289 e. The molecule has 1 rings (SSSR count). The molecule has 0 radical (unpaired) electrons. The minimum absolute atomic E-state index is 0.445. The topological polar surface area (TPSA) is 12.0 Å². The van der Waals surface area contributed by atoms with Crippen molar-refractivity contribution in [1.82, 2.24) is 5.32 Å². The minimum atomic E-state index is 0.445. The average Bonchev–Trinajstić information content (AvgIpc) is 2.26. The standard InChI is InChI=1S/C12H19NS/c1-4-9-14-12-7-5-11(6-8-12)10(2)13-3/h5-8,10,13H,4,9H2,1-3H3. The second-order valence-corrected chi connectivity index (χ2v) is 4.60. The van der Waals surface area contributed by atoms with Gasteiger partial charge in [0.15, 0.2) is 0 Å². The Morgan fingerprint density at radius 1 is 1.29 bits per heavy atom. The van der Waals surface area contributed by atoms with E-state index >= 15 is 0 Å². The third-order valence-electron chi connectivity index (χ3n) is 2.29. The number of hydrogen-bond acceptors (Lipinski definition) is 2. The Kier molecular flexibility index (Phi) is 5.05. The highest BCUT2D eigenvalue weighted by Gasteiger charge is 2.01. The van der Waals surface area contributed by atoms with Crippen LogP contribution >= 0.6 is 11.8 Å². The molecule has 1 unspecified atom stereocenters. The fourth-order valence-corrected chi connectivity index (χ4v) is 2.01. The summed E-state index contributed by atoms with van der Waals surface area (Å²) in [5, 5.41) is 3.24. The summed E-state index contributed by atoms with van der Waals surface area (Å²) < 4.78 is 0. The van der Waals surface area contributed by atoms with Gasteiger partial charge in [0.2, 0.25) is 0 Å². The smallest absolute Gasteiger partial charge is 0.0289 e. The van der Waals surface area contributed by atoms with Crippen molar-refractivity contribution in [2.75, 3.05) is 12.8 Å². The Hall–Kier alpha value is -0.470. The zero-order valence-corrected chi connectivity index (χ0v) is 10.0. The van der Waals surface area contributed by atoms with Gasteiger partial charge in [-0.15, -0.1) is 11.8 Å². The highest BCUT2D eigenvalue weighted by atomic mass is 32.2. The van der Waals surface area contributed by atoms with Crippen LogP contribution in [-0.4, -0.2) is 12.8 Å². The van der Waals surface area contributed by atoms with E-state index in [1.807, 2.05) is 18.8 Å². The van der Waals surface area contributed by atoms with Crippen molar-refractivity contribution in [2.24, 2.45) is 0 Å². The van der Waals surface area contributed by atoms with Crippen LogP contribution in [0.25, 0.3) is 0 Å². The van der Waals surface area contributed by atoms with Gasteiger partial charge in [-0.05, 0) is 43.8 Å². The molecule has 0 heterocycles. The van der Waals surface area contributed by atoms with Crippen molar-refractivity contribution in [3.8, 4) is 0 Å². The van der Waals surface area contributed by atoms with Crippen LogP contribution in [0.2, 0.25) is 0 Å². The lowest BCUT2D eigenvalue weighted by molar-refractivity contribution is 0.652. The Bertz CT molecular complexity index is 256. The summed E-state index contributed by atoms with van der Waals surface area (Å²) in [5.74, 6) is 1.21. The van der Waals surface area contributed by atoms with Crippen molar-refractivity contribution in [2.45, 2.75) is 31.2 Å². The van der Waals surface area contributed by atoms with Crippen LogP contribution in [0.4, 0.5) is 0 Å². The van der Waals surface area contributed by atoms with Crippen molar-refractivity contribution in [3.63, 3.8) is 0 Å². The number of hydrogen-bond donors (Lipinski definition) is 1. The summed E-state index contributed by atoms with van der Waals surface area (Å²) in [5.41, 5.74) is 1.35.